The van der Waals surface area contributed by atoms with Gasteiger partial charge >= 0.3 is 0 Å². The fourth-order valence-electron chi connectivity index (χ4n) is 1.55. The molecular formula is C12H15NO2S2. The van der Waals surface area contributed by atoms with E-state index in [2.05, 4.69) is 4.98 Å². The van der Waals surface area contributed by atoms with Crippen molar-refractivity contribution in [3.8, 4) is 0 Å². The van der Waals surface area contributed by atoms with Crippen molar-refractivity contribution >= 4 is 31.4 Å². The molecule has 0 saturated carbocycles. The van der Waals surface area contributed by atoms with Gasteiger partial charge in [0.2, 0.25) is 14.2 Å². The Balaban J connectivity index is 2.39. The number of sulfone groups is 1. The van der Waals surface area contributed by atoms with Crippen LogP contribution in [-0.4, -0.2) is 19.2 Å². The highest BCUT2D eigenvalue weighted by Gasteiger charge is 2.21. The van der Waals surface area contributed by atoms with Gasteiger partial charge in [0.25, 0.3) is 0 Å². The first-order valence-electron chi connectivity index (χ1n) is 5.61. The van der Waals surface area contributed by atoms with Crippen LogP contribution < -0.4 is 0 Å². The molecule has 0 radical (unpaired) electrons. The molecule has 3 nitrogen and oxygen atoms in total. The lowest BCUT2D eigenvalue weighted by Crippen LogP contribution is -2.13. The number of thiazole rings is 1. The van der Waals surface area contributed by atoms with E-state index >= 15 is 0 Å². The number of hydrogen-bond donors (Lipinski definition) is 0. The van der Waals surface area contributed by atoms with Gasteiger partial charge < -0.3 is 0 Å². The lowest BCUT2D eigenvalue weighted by atomic mass is 10.2. The predicted molar refractivity (Wildman–Crippen MR) is 71.1 cm³/mol. The molecule has 0 aliphatic rings. The zero-order valence-corrected chi connectivity index (χ0v) is 11.5. The highest BCUT2D eigenvalue weighted by molar-refractivity contribution is 7.93. The molecule has 92 valence electrons. The quantitative estimate of drug-likeness (QED) is 0.856. The second kappa shape index (κ2) is 4.74. The van der Waals surface area contributed by atoms with Gasteiger partial charge in [0.05, 0.1) is 16.0 Å². The van der Waals surface area contributed by atoms with Gasteiger partial charge in [-0.25, -0.2) is 13.4 Å². The van der Waals surface area contributed by atoms with Crippen molar-refractivity contribution < 1.29 is 8.42 Å². The van der Waals surface area contributed by atoms with E-state index < -0.39 is 9.84 Å². The van der Waals surface area contributed by atoms with Crippen LogP contribution in [0, 0.1) is 5.92 Å². The van der Waals surface area contributed by atoms with Crippen molar-refractivity contribution in [3.05, 3.63) is 24.3 Å². The summed E-state index contributed by atoms with van der Waals surface area (Å²) in [6.07, 6.45) is 0.865. The molecule has 5 heteroatoms. The molecule has 0 N–H and O–H groups in total. The minimum atomic E-state index is -3.23. The van der Waals surface area contributed by atoms with Crippen molar-refractivity contribution in [2.45, 2.75) is 24.6 Å². The number of fused-ring (bicyclic) bond motifs is 1. The third kappa shape index (κ3) is 2.66. The third-order valence-electron chi connectivity index (χ3n) is 2.74. The number of para-hydroxylation sites is 1. The molecule has 1 heterocycles. The molecule has 1 atom stereocenters. The molecule has 1 unspecified atom stereocenters. The Kier molecular flexibility index (Phi) is 3.49. The van der Waals surface area contributed by atoms with Crippen LogP contribution in [0.5, 0.6) is 0 Å². The third-order valence-corrected chi connectivity index (χ3v) is 6.22. The topological polar surface area (TPSA) is 47.0 Å². The molecule has 0 saturated heterocycles. The highest BCUT2D eigenvalue weighted by atomic mass is 32.2. The first-order valence-corrected chi connectivity index (χ1v) is 8.08. The van der Waals surface area contributed by atoms with Gasteiger partial charge in [0.15, 0.2) is 0 Å². The van der Waals surface area contributed by atoms with Gasteiger partial charge in [0, 0.05) is 0 Å². The van der Waals surface area contributed by atoms with E-state index in [4.69, 9.17) is 0 Å². The van der Waals surface area contributed by atoms with Crippen molar-refractivity contribution in [2.24, 2.45) is 5.92 Å². The number of hydrogen-bond acceptors (Lipinski definition) is 4. The number of aromatic nitrogens is 1. The average Bonchev–Trinajstić information content (AvgIpc) is 2.72. The van der Waals surface area contributed by atoms with E-state index in [1.165, 1.54) is 11.3 Å². The van der Waals surface area contributed by atoms with Gasteiger partial charge in [-0.05, 0) is 18.1 Å². The standard InChI is InChI=1S/C12H15NO2S2/c1-3-9(2)8-17(14,15)12-13-10-6-4-5-7-11(10)16-12/h4-7,9H,3,8H2,1-2H3. The summed E-state index contributed by atoms with van der Waals surface area (Å²) in [4.78, 5) is 4.20. The Morgan fingerprint density at radius 3 is 2.71 bits per heavy atom. The lowest BCUT2D eigenvalue weighted by Gasteiger charge is -2.06. The normalized spacial score (nSPS) is 14.0. The highest BCUT2D eigenvalue weighted by Crippen LogP contribution is 2.26. The summed E-state index contributed by atoms with van der Waals surface area (Å²) >= 11 is 1.26. The lowest BCUT2D eigenvalue weighted by molar-refractivity contribution is 0.564. The molecule has 0 aliphatic heterocycles. The maximum Gasteiger partial charge on any atom is 0.210 e. The Morgan fingerprint density at radius 2 is 2.06 bits per heavy atom. The van der Waals surface area contributed by atoms with Gasteiger partial charge in [-0.15, -0.1) is 11.3 Å². The smallest absolute Gasteiger partial charge is 0.210 e. The second-order valence-electron chi connectivity index (χ2n) is 4.24. The zero-order chi connectivity index (χ0) is 12.5. The number of rotatable bonds is 4. The van der Waals surface area contributed by atoms with E-state index in [1.807, 2.05) is 38.1 Å². The number of benzene rings is 1. The van der Waals surface area contributed by atoms with Crippen molar-refractivity contribution in [1.29, 1.82) is 0 Å². The van der Waals surface area contributed by atoms with E-state index in [9.17, 15) is 8.42 Å². The average molecular weight is 269 g/mol. The summed E-state index contributed by atoms with van der Waals surface area (Å²) in [5.41, 5.74) is 0.764. The number of nitrogens with zero attached hydrogens (tertiary/aromatic N) is 1. The van der Waals surface area contributed by atoms with Crippen LogP contribution in [0.15, 0.2) is 28.6 Å². The summed E-state index contributed by atoms with van der Waals surface area (Å²) in [6, 6.07) is 7.50. The minimum absolute atomic E-state index is 0.173. The van der Waals surface area contributed by atoms with Crippen LogP contribution >= 0.6 is 11.3 Å². The Bertz CT molecular complexity index is 583. The van der Waals surface area contributed by atoms with Crippen LogP contribution in [0.4, 0.5) is 0 Å². The van der Waals surface area contributed by atoms with Crippen LogP contribution in [0.3, 0.4) is 0 Å². The maximum atomic E-state index is 12.1. The first-order chi connectivity index (χ1) is 8.03. The van der Waals surface area contributed by atoms with Crippen LogP contribution in [0.1, 0.15) is 20.3 Å². The van der Waals surface area contributed by atoms with Gasteiger partial charge in [-0.2, -0.15) is 0 Å². The maximum absolute atomic E-state index is 12.1. The molecule has 0 bridgehead atoms. The van der Waals surface area contributed by atoms with Crippen LogP contribution in [0.25, 0.3) is 10.2 Å². The molecular weight excluding hydrogens is 254 g/mol. The molecule has 1 aromatic heterocycles. The molecule has 2 rings (SSSR count). The Morgan fingerprint density at radius 1 is 1.35 bits per heavy atom. The van der Waals surface area contributed by atoms with Crippen LogP contribution in [0.2, 0.25) is 0 Å². The molecule has 0 amide bonds. The van der Waals surface area contributed by atoms with E-state index in [-0.39, 0.29) is 16.0 Å². The van der Waals surface area contributed by atoms with Gasteiger partial charge in [-0.1, -0.05) is 32.4 Å². The van der Waals surface area contributed by atoms with Crippen molar-refractivity contribution in [1.82, 2.24) is 4.98 Å². The molecule has 0 spiro atoms. The van der Waals surface area contributed by atoms with Crippen molar-refractivity contribution in [2.75, 3.05) is 5.75 Å². The Hall–Kier alpha value is -0.940. The largest absolute Gasteiger partial charge is 0.225 e. The predicted octanol–water partition coefficient (Wildman–Crippen LogP) is 3.12. The molecule has 17 heavy (non-hydrogen) atoms. The van der Waals surface area contributed by atoms with Gasteiger partial charge in [0.1, 0.15) is 0 Å². The van der Waals surface area contributed by atoms with Crippen molar-refractivity contribution in [3.63, 3.8) is 0 Å². The summed E-state index contributed by atoms with van der Waals surface area (Å²) in [5.74, 6) is 0.357. The molecule has 0 aliphatic carbocycles. The molecule has 2 aromatic rings. The molecule has 0 fully saturated rings. The summed E-state index contributed by atoms with van der Waals surface area (Å²) < 4.78 is 25.4. The Labute approximate surface area is 105 Å². The van der Waals surface area contributed by atoms with Crippen LogP contribution in [-0.2, 0) is 9.84 Å². The van der Waals surface area contributed by atoms with E-state index in [1.54, 1.807) is 0 Å². The van der Waals surface area contributed by atoms with E-state index in [0.717, 1.165) is 16.6 Å². The summed E-state index contributed by atoms with van der Waals surface area (Å²) in [6.45, 7) is 3.95. The fraction of sp³-hybridized carbons (Fsp3) is 0.417. The SMILES string of the molecule is CCC(C)CS(=O)(=O)c1nc2ccccc2s1. The van der Waals surface area contributed by atoms with E-state index in [0.29, 0.717) is 0 Å². The minimum Gasteiger partial charge on any atom is -0.225 e. The monoisotopic (exact) mass is 269 g/mol. The molecule has 1 aromatic carbocycles. The summed E-state index contributed by atoms with van der Waals surface area (Å²) in [5, 5.41) is 0. The van der Waals surface area contributed by atoms with Gasteiger partial charge in [-0.3, -0.25) is 0 Å². The zero-order valence-electron chi connectivity index (χ0n) is 9.88. The summed E-state index contributed by atoms with van der Waals surface area (Å²) in [7, 11) is -3.23. The second-order valence-corrected chi connectivity index (χ2v) is 7.48. The first kappa shape index (κ1) is 12.5. The fourth-order valence-corrected chi connectivity index (χ4v) is 4.59.